The second kappa shape index (κ2) is 2.26. The third kappa shape index (κ3) is 1.73. The van der Waals surface area contributed by atoms with E-state index in [4.69, 9.17) is 6.42 Å². The molecule has 1 saturated heterocycles. The van der Waals surface area contributed by atoms with Crippen LogP contribution in [0.25, 0.3) is 0 Å². The first-order valence-electron chi connectivity index (χ1n) is 3.49. The molecule has 0 bridgehead atoms. The predicted molar refractivity (Wildman–Crippen MR) is 40.5 cm³/mol. The van der Waals surface area contributed by atoms with Gasteiger partial charge >= 0.3 is 0 Å². The van der Waals surface area contributed by atoms with E-state index in [1.54, 1.807) is 6.92 Å². The number of rotatable bonds is 2. The van der Waals surface area contributed by atoms with Gasteiger partial charge in [0.2, 0.25) is 0 Å². The Kier molecular flexibility index (Phi) is 1.72. The molecular weight excluding hydrogens is 126 g/mol. The van der Waals surface area contributed by atoms with Crippen LogP contribution in [0.1, 0.15) is 13.8 Å². The van der Waals surface area contributed by atoms with E-state index in [0.29, 0.717) is 12.6 Å². The fraction of sp³-hybridized carbons (Fsp3) is 0.750. The fourth-order valence-corrected chi connectivity index (χ4v) is 0.954. The van der Waals surface area contributed by atoms with Gasteiger partial charge in [-0.15, -0.1) is 6.42 Å². The van der Waals surface area contributed by atoms with Gasteiger partial charge in [0.15, 0.2) is 0 Å². The summed E-state index contributed by atoms with van der Waals surface area (Å²) < 4.78 is 0. The molecule has 1 aliphatic rings. The molecule has 0 saturated carbocycles. The lowest BCUT2D eigenvalue weighted by Crippen LogP contribution is -2.31. The summed E-state index contributed by atoms with van der Waals surface area (Å²) in [6.07, 6.45) is 5.10. The Bertz CT molecular complexity index is 169. The van der Waals surface area contributed by atoms with E-state index in [9.17, 15) is 5.11 Å². The molecular formula is C8H13NO. The maximum atomic E-state index is 9.37. The smallest absolute Gasteiger partial charge is 0.135 e. The summed E-state index contributed by atoms with van der Waals surface area (Å²) >= 11 is 0. The zero-order valence-electron chi connectivity index (χ0n) is 6.46. The van der Waals surface area contributed by atoms with Crippen molar-refractivity contribution in [1.82, 2.24) is 4.90 Å². The summed E-state index contributed by atoms with van der Waals surface area (Å²) in [5, 5.41) is 9.37. The van der Waals surface area contributed by atoms with Gasteiger partial charge in [-0.1, -0.05) is 5.92 Å². The maximum Gasteiger partial charge on any atom is 0.135 e. The Hall–Kier alpha value is -0.520. The molecule has 0 amide bonds. The number of aliphatic hydroxyl groups is 1. The minimum absolute atomic E-state index is 0.602. The van der Waals surface area contributed by atoms with Crippen LogP contribution < -0.4 is 0 Å². The summed E-state index contributed by atoms with van der Waals surface area (Å²) in [6.45, 7) is 5.45. The zero-order valence-corrected chi connectivity index (χ0v) is 6.46. The van der Waals surface area contributed by atoms with Crippen molar-refractivity contribution in [3.63, 3.8) is 0 Å². The Morgan fingerprint density at radius 3 is 2.70 bits per heavy atom. The molecule has 0 aromatic heterocycles. The number of hydrogen-bond acceptors (Lipinski definition) is 2. The minimum Gasteiger partial charge on any atom is -0.377 e. The third-order valence-corrected chi connectivity index (χ3v) is 1.81. The number of hydrogen-bond donors (Lipinski definition) is 1. The highest BCUT2D eigenvalue weighted by Gasteiger charge is 2.34. The largest absolute Gasteiger partial charge is 0.377 e. The lowest BCUT2D eigenvalue weighted by Gasteiger charge is -2.16. The predicted octanol–water partition coefficient (Wildman–Crippen LogP) is 0.0747. The van der Waals surface area contributed by atoms with E-state index in [2.05, 4.69) is 17.7 Å². The van der Waals surface area contributed by atoms with Crippen LogP contribution in [0.5, 0.6) is 0 Å². The first-order chi connectivity index (χ1) is 4.55. The van der Waals surface area contributed by atoms with Crippen molar-refractivity contribution in [2.24, 2.45) is 0 Å². The fourth-order valence-electron chi connectivity index (χ4n) is 0.954. The highest BCUT2D eigenvalue weighted by atomic mass is 16.3. The molecule has 0 spiro atoms. The van der Waals surface area contributed by atoms with Crippen molar-refractivity contribution in [2.45, 2.75) is 25.5 Å². The summed E-state index contributed by atoms with van der Waals surface area (Å²) in [4.78, 5) is 2.14. The molecule has 3 atom stereocenters. The van der Waals surface area contributed by atoms with Gasteiger partial charge in [0, 0.05) is 19.1 Å². The minimum atomic E-state index is -0.940. The lowest BCUT2D eigenvalue weighted by molar-refractivity contribution is 0.102. The molecule has 0 aliphatic carbocycles. The standard InChI is InChI=1S/C8H13NO/c1-4-8(3,10)6-9-5-7(9)2/h1,7,10H,5-6H2,2-3H3. The monoisotopic (exact) mass is 139 g/mol. The van der Waals surface area contributed by atoms with Gasteiger partial charge in [0.1, 0.15) is 5.60 Å². The van der Waals surface area contributed by atoms with Crippen LogP contribution in [0.3, 0.4) is 0 Å². The molecule has 2 heteroatoms. The quantitative estimate of drug-likeness (QED) is 0.432. The molecule has 3 unspecified atom stereocenters. The van der Waals surface area contributed by atoms with Gasteiger partial charge in [-0.05, 0) is 13.8 Å². The Morgan fingerprint density at radius 2 is 2.40 bits per heavy atom. The topological polar surface area (TPSA) is 23.2 Å². The second-order valence-electron chi connectivity index (χ2n) is 3.20. The number of nitrogens with zero attached hydrogens (tertiary/aromatic N) is 1. The van der Waals surface area contributed by atoms with Crippen molar-refractivity contribution in [2.75, 3.05) is 13.1 Å². The first kappa shape index (κ1) is 7.59. The first-order valence-corrected chi connectivity index (χ1v) is 3.49. The van der Waals surface area contributed by atoms with Crippen LogP contribution in [0, 0.1) is 12.3 Å². The zero-order chi connectivity index (χ0) is 7.78. The molecule has 1 rings (SSSR count). The van der Waals surface area contributed by atoms with Crippen molar-refractivity contribution in [3.05, 3.63) is 0 Å². The third-order valence-electron chi connectivity index (χ3n) is 1.81. The van der Waals surface area contributed by atoms with Crippen molar-refractivity contribution < 1.29 is 5.11 Å². The van der Waals surface area contributed by atoms with Crippen LogP contribution in [0.4, 0.5) is 0 Å². The summed E-state index contributed by atoms with van der Waals surface area (Å²) in [5.74, 6) is 2.35. The molecule has 1 heterocycles. The van der Waals surface area contributed by atoms with Crippen LogP contribution >= 0.6 is 0 Å². The molecule has 56 valence electrons. The van der Waals surface area contributed by atoms with Gasteiger partial charge in [0.25, 0.3) is 0 Å². The summed E-state index contributed by atoms with van der Waals surface area (Å²) in [6, 6.07) is 0.611. The van der Waals surface area contributed by atoms with Crippen LogP contribution in [-0.4, -0.2) is 34.7 Å². The van der Waals surface area contributed by atoms with E-state index < -0.39 is 5.60 Å². The lowest BCUT2D eigenvalue weighted by atomic mass is 10.1. The molecule has 10 heavy (non-hydrogen) atoms. The average Bonchev–Trinajstić information content (AvgIpc) is 2.46. The second-order valence-corrected chi connectivity index (χ2v) is 3.20. The van der Waals surface area contributed by atoms with Crippen LogP contribution in [-0.2, 0) is 0 Å². The molecule has 0 radical (unpaired) electrons. The van der Waals surface area contributed by atoms with E-state index in [-0.39, 0.29) is 0 Å². The number of β-amino-alcohol motifs (C(OH)–C–C–N with tert-alkyl or cyclic N) is 1. The van der Waals surface area contributed by atoms with E-state index in [0.717, 1.165) is 6.54 Å². The van der Waals surface area contributed by atoms with Gasteiger partial charge in [-0.2, -0.15) is 0 Å². The highest BCUT2D eigenvalue weighted by molar-refractivity contribution is 5.08. The highest BCUT2D eigenvalue weighted by Crippen LogP contribution is 2.19. The molecule has 2 nitrogen and oxygen atoms in total. The van der Waals surface area contributed by atoms with Gasteiger partial charge in [-0.25, -0.2) is 0 Å². The average molecular weight is 139 g/mol. The van der Waals surface area contributed by atoms with Crippen molar-refractivity contribution in [1.29, 1.82) is 0 Å². The van der Waals surface area contributed by atoms with E-state index >= 15 is 0 Å². The molecule has 0 aromatic rings. The Balaban J connectivity index is 2.33. The van der Waals surface area contributed by atoms with E-state index in [1.807, 2.05) is 0 Å². The Labute approximate surface area is 61.8 Å². The van der Waals surface area contributed by atoms with Gasteiger partial charge in [0.05, 0.1) is 0 Å². The molecule has 1 fully saturated rings. The number of terminal acetylenes is 1. The molecule has 1 N–H and O–H groups in total. The maximum absolute atomic E-state index is 9.37. The normalized spacial score (nSPS) is 36.2. The van der Waals surface area contributed by atoms with Gasteiger partial charge < -0.3 is 5.11 Å². The molecule has 0 aromatic carbocycles. The Morgan fingerprint density at radius 1 is 1.90 bits per heavy atom. The van der Waals surface area contributed by atoms with E-state index in [1.165, 1.54) is 0 Å². The summed E-state index contributed by atoms with van der Waals surface area (Å²) in [5.41, 5.74) is -0.940. The van der Waals surface area contributed by atoms with Crippen LogP contribution in [0.2, 0.25) is 0 Å². The van der Waals surface area contributed by atoms with Crippen molar-refractivity contribution in [3.8, 4) is 12.3 Å². The summed E-state index contributed by atoms with van der Waals surface area (Å²) in [7, 11) is 0. The van der Waals surface area contributed by atoms with Crippen molar-refractivity contribution >= 4 is 0 Å². The van der Waals surface area contributed by atoms with Gasteiger partial charge in [-0.3, -0.25) is 4.90 Å². The molecule has 1 aliphatic heterocycles. The SMILES string of the molecule is C#CC(C)(O)CN1CC1C. The van der Waals surface area contributed by atoms with Crippen LogP contribution in [0.15, 0.2) is 0 Å².